The largest absolute Gasteiger partial charge is 0.362 e. The van der Waals surface area contributed by atoms with E-state index in [2.05, 4.69) is 31.1 Å². The second-order valence-corrected chi connectivity index (χ2v) is 7.92. The van der Waals surface area contributed by atoms with Gasteiger partial charge in [0.15, 0.2) is 5.17 Å². The summed E-state index contributed by atoms with van der Waals surface area (Å²) >= 11 is 1.97. The summed E-state index contributed by atoms with van der Waals surface area (Å²) in [5.74, 6) is 0. The number of nitrogens with zero attached hydrogens (tertiary/aromatic N) is 1. The standard InChI is InChI=1S/C14H26N2S/c1-14(2,3)9-12-10-15-13(17-12)16-11-7-5-4-6-8-11/h11-12H,4-10H2,1-3H3,(H,15,16). The van der Waals surface area contributed by atoms with Crippen molar-refractivity contribution in [1.29, 1.82) is 0 Å². The van der Waals surface area contributed by atoms with Gasteiger partial charge in [-0.15, -0.1) is 0 Å². The van der Waals surface area contributed by atoms with Crippen molar-refractivity contribution in [2.24, 2.45) is 10.4 Å². The minimum atomic E-state index is 0.424. The molecule has 0 radical (unpaired) electrons. The summed E-state index contributed by atoms with van der Waals surface area (Å²) in [4.78, 5) is 4.66. The Balaban J connectivity index is 1.73. The molecule has 3 heteroatoms. The molecule has 2 nitrogen and oxygen atoms in total. The van der Waals surface area contributed by atoms with Crippen molar-refractivity contribution < 1.29 is 0 Å². The third-order valence-electron chi connectivity index (χ3n) is 3.49. The Bertz CT molecular complexity index is 274. The first-order chi connectivity index (χ1) is 8.03. The molecular formula is C14H26N2S. The van der Waals surface area contributed by atoms with Crippen LogP contribution in [0.1, 0.15) is 59.3 Å². The molecule has 2 rings (SSSR count). The topological polar surface area (TPSA) is 24.4 Å². The van der Waals surface area contributed by atoms with Gasteiger partial charge in [0, 0.05) is 11.3 Å². The minimum Gasteiger partial charge on any atom is -0.362 e. The van der Waals surface area contributed by atoms with Gasteiger partial charge in [-0.3, -0.25) is 4.99 Å². The summed E-state index contributed by atoms with van der Waals surface area (Å²) in [6.45, 7) is 7.97. The average molecular weight is 254 g/mol. The Labute approximate surface area is 110 Å². The lowest BCUT2D eigenvalue weighted by Gasteiger charge is -2.24. The zero-order valence-electron chi connectivity index (χ0n) is 11.5. The molecule has 0 bridgehead atoms. The quantitative estimate of drug-likeness (QED) is 0.810. The first-order valence-corrected chi connectivity index (χ1v) is 7.88. The summed E-state index contributed by atoms with van der Waals surface area (Å²) in [5.41, 5.74) is 0.424. The number of thioether (sulfide) groups is 1. The van der Waals surface area contributed by atoms with E-state index in [4.69, 9.17) is 0 Å². The van der Waals surface area contributed by atoms with Crippen molar-refractivity contribution in [2.75, 3.05) is 6.54 Å². The van der Waals surface area contributed by atoms with Crippen LogP contribution < -0.4 is 5.32 Å². The molecule has 1 N–H and O–H groups in total. The number of nitrogens with one attached hydrogen (secondary N) is 1. The molecule has 1 atom stereocenters. The Morgan fingerprint density at radius 2 is 1.94 bits per heavy atom. The van der Waals surface area contributed by atoms with Gasteiger partial charge < -0.3 is 5.32 Å². The lowest BCUT2D eigenvalue weighted by atomic mass is 9.90. The lowest BCUT2D eigenvalue weighted by molar-refractivity contribution is 0.375. The molecular weight excluding hydrogens is 228 g/mol. The second-order valence-electron chi connectivity index (χ2n) is 6.63. The van der Waals surface area contributed by atoms with E-state index in [0.717, 1.165) is 6.54 Å². The van der Waals surface area contributed by atoms with Gasteiger partial charge in [-0.05, 0) is 24.7 Å². The average Bonchev–Trinajstić information content (AvgIpc) is 2.64. The summed E-state index contributed by atoms with van der Waals surface area (Å²) < 4.78 is 0. The molecule has 1 unspecified atom stereocenters. The molecule has 1 saturated carbocycles. The molecule has 0 saturated heterocycles. The third kappa shape index (κ3) is 4.53. The van der Waals surface area contributed by atoms with Crippen molar-refractivity contribution in [3.8, 4) is 0 Å². The number of hydrogen-bond acceptors (Lipinski definition) is 3. The smallest absolute Gasteiger partial charge is 0.157 e. The maximum atomic E-state index is 4.66. The predicted molar refractivity (Wildman–Crippen MR) is 77.8 cm³/mol. The van der Waals surface area contributed by atoms with Crippen LogP contribution in [0.3, 0.4) is 0 Å². The van der Waals surface area contributed by atoms with Gasteiger partial charge in [0.2, 0.25) is 0 Å². The van der Waals surface area contributed by atoms with E-state index in [1.807, 2.05) is 11.8 Å². The van der Waals surface area contributed by atoms with E-state index in [0.29, 0.717) is 16.7 Å². The van der Waals surface area contributed by atoms with E-state index in [1.54, 1.807) is 0 Å². The van der Waals surface area contributed by atoms with Crippen LogP contribution in [-0.4, -0.2) is 23.0 Å². The molecule has 0 aromatic rings. The van der Waals surface area contributed by atoms with Gasteiger partial charge in [-0.25, -0.2) is 0 Å². The van der Waals surface area contributed by atoms with Gasteiger partial charge in [0.1, 0.15) is 0 Å². The van der Waals surface area contributed by atoms with E-state index >= 15 is 0 Å². The zero-order valence-corrected chi connectivity index (χ0v) is 12.3. The third-order valence-corrected chi connectivity index (χ3v) is 4.61. The SMILES string of the molecule is CC(C)(C)CC1CN=C(NC2CCCCC2)S1. The number of aliphatic imine (C=N–C) groups is 1. The maximum absolute atomic E-state index is 4.66. The van der Waals surface area contributed by atoms with Crippen LogP contribution in [0, 0.1) is 5.41 Å². The predicted octanol–water partition coefficient (Wildman–Crippen LogP) is 3.82. The van der Waals surface area contributed by atoms with Crippen molar-refractivity contribution in [1.82, 2.24) is 5.32 Å². The van der Waals surface area contributed by atoms with Crippen LogP contribution in [0.25, 0.3) is 0 Å². The molecule has 1 aliphatic heterocycles. The maximum Gasteiger partial charge on any atom is 0.157 e. The molecule has 98 valence electrons. The fourth-order valence-corrected chi connectivity index (χ4v) is 4.14. The van der Waals surface area contributed by atoms with Gasteiger partial charge in [0.05, 0.1) is 6.54 Å². The minimum absolute atomic E-state index is 0.424. The van der Waals surface area contributed by atoms with Gasteiger partial charge in [0.25, 0.3) is 0 Å². The monoisotopic (exact) mass is 254 g/mol. The fraction of sp³-hybridized carbons (Fsp3) is 0.929. The van der Waals surface area contributed by atoms with E-state index in [1.165, 1.54) is 43.7 Å². The molecule has 0 spiro atoms. The molecule has 0 amide bonds. The Hall–Kier alpha value is -0.180. The highest BCUT2D eigenvalue weighted by Crippen LogP contribution is 2.32. The van der Waals surface area contributed by atoms with Gasteiger partial charge in [-0.1, -0.05) is 51.8 Å². The van der Waals surface area contributed by atoms with Crippen LogP contribution in [0.15, 0.2) is 4.99 Å². The van der Waals surface area contributed by atoms with Crippen LogP contribution in [0.5, 0.6) is 0 Å². The summed E-state index contributed by atoms with van der Waals surface area (Å²) in [6.07, 6.45) is 8.14. The van der Waals surface area contributed by atoms with Crippen LogP contribution in [0.2, 0.25) is 0 Å². The Kier molecular flexibility index (Phi) is 4.40. The Morgan fingerprint density at radius 1 is 1.24 bits per heavy atom. The molecule has 2 aliphatic rings. The van der Waals surface area contributed by atoms with Crippen molar-refractivity contribution >= 4 is 16.9 Å². The van der Waals surface area contributed by atoms with Gasteiger partial charge >= 0.3 is 0 Å². The lowest BCUT2D eigenvalue weighted by Crippen LogP contribution is -2.34. The van der Waals surface area contributed by atoms with Crippen molar-refractivity contribution in [3.05, 3.63) is 0 Å². The molecule has 17 heavy (non-hydrogen) atoms. The Morgan fingerprint density at radius 3 is 2.59 bits per heavy atom. The van der Waals surface area contributed by atoms with Gasteiger partial charge in [-0.2, -0.15) is 0 Å². The molecule has 0 aromatic carbocycles. The number of amidine groups is 1. The molecule has 1 aliphatic carbocycles. The molecule has 1 fully saturated rings. The van der Waals surface area contributed by atoms with E-state index < -0.39 is 0 Å². The van der Waals surface area contributed by atoms with Crippen LogP contribution in [0.4, 0.5) is 0 Å². The molecule has 1 heterocycles. The molecule has 0 aromatic heterocycles. The summed E-state index contributed by atoms with van der Waals surface area (Å²) in [5, 5.41) is 5.56. The van der Waals surface area contributed by atoms with Crippen LogP contribution in [-0.2, 0) is 0 Å². The highest BCUT2D eigenvalue weighted by Gasteiger charge is 2.26. The van der Waals surface area contributed by atoms with E-state index in [-0.39, 0.29) is 0 Å². The van der Waals surface area contributed by atoms with Crippen molar-refractivity contribution in [2.45, 2.75) is 70.6 Å². The first kappa shape index (κ1) is 13.3. The second kappa shape index (κ2) is 5.64. The number of rotatable bonds is 2. The fourth-order valence-electron chi connectivity index (χ4n) is 2.71. The highest BCUT2D eigenvalue weighted by molar-refractivity contribution is 8.14. The first-order valence-electron chi connectivity index (χ1n) is 7.00. The normalized spacial score (nSPS) is 27.0. The summed E-state index contributed by atoms with van der Waals surface area (Å²) in [7, 11) is 0. The van der Waals surface area contributed by atoms with E-state index in [9.17, 15) is 0 Å². The van der Waals surface area contributed by atoms with Crippen LogP contribution >= 0.6 is 11.8 Å². The summed E-state index contributed by atoms with van der Waals surface area (Å²) in [6, 6.07) is 0.698. The number of hydrogen-bond donors (Lipinski definition) is 1. The van der Waals surface area contributed by atoms with Crippen molar-refractivity contribution in [3.63, 3.8) is 0 Å². The zero-order chi connectivity index (χ0) is 12.3. The highest BCUT2D eigenvalue weighted by atomic mass is 32.2.